The van der Waals surface area contributed by atoms with Crippen LogP contribution in [0.25, 0.3) is 0 Å². The van der Waals surface area contributed by atoms with Crippen LogP contribution in [0.15, 0.2) is 18.2 Å². The first-order valence-corrected chi connectivity index (χ1v) is 7.49. The summed E-state index contributed by atoms with van der Waals surface area (Å²) >= 11 is 1.91. The zero-order valence-corrected chi connectivity index (χ0v) is 11.8. The molecule has 1 aliphatic rings. The summed E-state index contributed by atoms with van der Waals surface area (Å²) in [5, 5.41) is 6.39. The molecule has 1 aromatic carbocycles. The van der Waals surface area contributed by atoms with Crippen molar-refractivity contribution in [2.75, 3.05) is 23.4 Å². The van der Waals surface area contributed by atoms with Gasteiger partial charge < -0.3 is 10.6 Å². The molecule has 0 aromatic heterocycles. The van der Waals surface area contributed by atoms with Gasteiger partial charge in [0, 0.05) is 36.2 Å². The average Bonchev–Trinajstić information content (AvgIpc) is 2.35. The normalized spacial score (nSPS) is 19.6. The number of carbonyl (C=O) groups is 1. The van der Waals surface area contributed by atoms with E-state index in [1.54, 1.807) is 0 Å². The molecule has 4 heteroatoms. The number of carbonyl (C=O) groups excluding carboxylic acids is 1. The van der Waals surface area contributed by atoms with Gasteiger partial charge in [-0.1, -0.05) is 12.1 Å². The minimum absolute atomic E-state index is 0.101. The molecular formula is C14H20N2OS. The first kappa shape index (κ1) is 13.4. The van der Waals surface area contributed by atoms with Crippen LogP contribution in [0.3, 0.4) is 0 Å². The summed E-state index contributed by atoms with van der Waals surface area (Å²) in [6.07, 6.45) is 0.556. The number of benzene rings is 1. The Morgan fingerprint density at radius 3 is 3.06 bits per heavy atom. The number of rotatable bonds is 3. The molecule has 18 heavy (non-hydrogen) atoms. The molecule has 0 bridgehead atoms. The van der Waals surface area contributed by atoms with Gasteiger partial charge in [-0.3, -0.25) is 4.79 Å². The van der Waals surface area contributed by atoms with Crippen molar-refractivity contribution in [3.63, 3.8) is 0 Å². The Labute approximate surface area is 113 Å². The lowest BCUT2D eigenvalue weighted by Crippen LogP contribution is -2.39. The van der Waals surface area contributed by atoms with E-state index in [2.05, 4.69) is 16.7 Å². The van der Waals surface area contributed by atoms with E-state index < -0.39 is 0 Å². The number of thioether (sulfide) groups is 1. The van der Waals surface area contributed by atoms with Crippen LogP contribution in [0.5, 0.6) is 0 Å². The highest BCUT2D eigenvalue weighted by Gasteiger charge is 2.17. The van der Waals surface area contributed by atoms with E-state index in [-0.39, 0.29) is 5.91 Å². The maximum atomic E-state index is 12.0. The lowest BCUT2D eigenvalue weighted by molar-refractivity contribution is -0.116. The fourth-order valence-electron chi connectivity index (χ4n) is 2.05. The zero-order chi connectivity index (χ0) is 13.0. The number of amides is 1. The smallest absolute Gasteiger partial charge is 0.225 e. The molecule has 2 N–H and O–H groups in total. The van der Waals surface area contributed by atoms with Gasteiger partial charge in [-0.2, -0.15) is 11.8 Å². The summed E-state index contributed by atoms with van der Waals surface area (Å²) in [5.74, 6) is 2.28. The topological polar surface area (TPSA) is 41.1 Å². The number of hydrogen-bond acceptors (Lipinski definition) is 3. The fraction of sp³-hybridized carbons (Fsp3) is 0.500. The van der Waals surface area contributed by atoms with Crippen molar-refractivity contribution >= 4 is 23.4 Å². The third kappa shape index (κ3) is 3.75. The highest BCUT2D eigenvalue weighted by Crippen LogP contribution is 2.17. The predicted octanol–water partition coefficient (Wildman–Crippen LogP) is 2.34. The van der Waals surface area contributed by atoms with Crippen LogP contribution in [0.4, 0.5) is 5.69 Å². The maximum Gasteiger partial charge on any atom is 0.225 e. The molecule has 1 atom stereocenters. The van der Waals surface area contributed by atoms with Gasteiger partial charge >= 0.3 is 0 Å². The summed E-state index contributed by atoms with van der Waals surface area (Å²) in [7, 11) is 0. The van der Waals surface area contributed by atoms with Crippen LogP contribution in [0.2, 0.25) is 0 Å². The summed E-state index contributed by atoms with van der Waals surface area (Å²) in [6, 6.07) is 6.44. The third-order valence-electron chi connectivity index (χ3n) is 3.10. The highest BCUT2D eigenvalue weighted by molar-refractivity contribution is 7.99. The van der Waals surface area contributed by atoms with E-state index in [1.165, 1.54) is 5.56 Å². The van der Waals surface area contributed by atoms with E-state index in [9.17, 15) is 4.79 Å². The van der Waals surface area contributed by atoms with Gasteiger partial charge in [-0.25, -0.2) is 0 Å². The molecule has 0 saturated carbocycles. The predicted molar refractivity (Wildman–Crippen MR) is 78.3 cm³/mol. The Bertz CT molecular complexity index is 428. The first-order valence-electron chi connectivity index (χ1n) is 6.33. The first-order chi connectivity index (χ1) is 8.65. The molecule has 3 nitrogen and oxygen atoms in total. The Balaban J connectivity index is 1.92. The maximum absolute atomic E-state index is 12.0. The van der Waals surface area contributed by atoms with Gasteiger partial charge in [0.05, 0.1) is 0 Å². The van der Waals surface area contributed by atoms with E-state index in [1.807, 2.05) is 37.7 Å². The molecule has 2 rings (SSSR count). The van der Waals surface area contributed by atoms with Gasteiger partial charge in [0.15, 0.2) is 0 Å². The van der Waals surface area contributed by atoms with Crippen molar-refractivity contribution in [2.45, 2.75) is 26.3 Å². The second-order valence-corrected chi connectivity index (χ2v) is 5.95. The third-order valence-corrected chi connectivity index (χ3v) is 4.23. The fourth-order valence-corrected chi connectivity index (χ4v) is 3.00. The lowest BCUT2D eigenvalue weighted by atomic mass is 10.1. The standard InChI is InChI=1S/C14H20N2OS/c1-10-3-4-11(2)13(7-10)16-14(17)8-12-9-18-6-5-15-12/h3-4,7,12,15H,5-6,8-9H2,1-2H3,(H,16,17). The molecule has 1 aliphatic heterocycles. The average molecular weight is 264 g/mol. The van der Waals surface area contributed by atoms with E-state index >= 15 is 0 Å². The van der Waals surface area contributed by atoms with Crippen molar-refractivity contribution in [1.82, 2.24) is 5.32 Å². The van der Waals surface area contributed by atoms with Crippen molar-refractivity contribution < 1.29 is 4.79 Å². The molecule has 1 heterocycles. The Morgan fingerprint density at radius 2 is 2.33 bits per heavy atom. The second-order valence-electron chi connectivity index (χ2n) is 4.80. The minimum atomic E-state index is 0.101. The summed E-state index contributed by atoms with van der Waals surface area (Å²) < 4.78 is 0. The van der Waals surface area contributed by atoms with Crippen molar-refractivity contribution in [3.8, 4) is 0 Å². The SMILES string of the molecule is Cc1ccc(C)c(NC(=O)CC2CSCCN2)c1. The van der Waals surface area contributed by atoms with E-state index in [0.29, 0.717) is 12.5 Å². The Kier molecular flexibility index (Phi) is 4.66. The van der Waals surface area contributed by atoms with E-state index in [4.69, 9.17) is 0 Å². The summed E-state index contributed by atoms with van der Waals surface area (Å²) in [5.41, 5.74) is 3.21. The molecule has 1 unspecified atom stereocenters. The van der Waals surface area contributed by atoms with Crippen molar-refractivity contribution in [3.05, 3.63) is 29.3 Å². The quantitative estimate of drug-likeness (QED) is 0.880. The second kappa shape index (κ2) is 6.25. The van der Waals surface area contributed by atoms with Crippen molar-refractivity contribution in [1.29, 1.82) is 0 Å². The van der Waals surface area contributed by atoms with Crippen LogP contribution >= 0.6 is 11.8 Å². The number of anilines is 1. The summed E-state index contributed by atoms with van der Waals surface area (Å²) in [6.45, 7) is 5.06. The van der Waals surface area contributed by atoms with Crippen molar-refractivity contribution in [2.24, 2.45) is 0 Å². The van der Waals surface area contributed by atoms with Gasteiger partial charge in [0.25, 0.3) is 0 Å². The van der Waals surface area contributed by atoms with Gasteiger partial charge in [-0.05, 0) is 31.0 Å². The van der Waals surface area contributed by atoms with Gasteiger partial charge in [0.2, 0.25) is 5.91 Å². The molecule has 1 saturated heterocycles. The van der Waals surface area contributed by atoms with E-state index in [0.717, 1.165) is 29.3 Å². The Morgan fingerprint density at radius 1 is 1.50 bits per heavy atom. The molecular weight excluding hydrogens is 244 g/mol. The van der Waals surface area contributed by atoms with Crippen LogP contribution in [-0.4, -0.2) is 30.0 Å². The largest absolute Gasteiger partial charge is 0.326 e. The molecule has 1 aromatic rings. The lowest BCUT2D eigenvalue weighted by Gasteiger charge is -2.22. The molecule has 1 amide bonds. The van der Waals surface area contributed by atoms with Crippen LogP contribution in [0, 0.1) is 13.8 Å². The number of hydrogen-bond donors (Lipinski definition) is 2. The highest BCUT2D eigenvalue weighted by atomic mass is 32.2. The number of aryl methyl sites for hydroxylation is 2. The molecule has 1 fully saturated rings. The monoisotopic (exact) mass is 264 g/mol. The summed E-state index contributed by atoms with van der Waals surface area (Å²) in [4.78, 5) is 12.0. The van der Waals surface area contributed by atoms with Gasteiger partial charge in [0.1, 0.15) is 0 Å². The van der Waals surface area contributed by atoms with Crippen LogP contribution < -0.4 is 10.6 Å². The van der Waals surface area contributed by atoms with Crippen LogP contribution in [0.1, 0.15) is 17.5 Å². The molecule has 98 valence electrons. The van der Waals surface area contributed by atoms with Crippen LogP contribution in [-0.2, 0) is 4.79 Å². The number of nitrogens with one attached hydrogen (secondary N) is 2. The minimum Gasteiger partial charge on any atom is -0.326 e. The molecule has 0 spiro atoms. The molecule has 0 radical (unpaired) electrons. The zero-order valence-electron chi connectivity index (χ0n) is 11.0. The van der Waals surface area contributed by atoms with Gasteiger partial charge in [-0.15, -0.1) is 0 Å². The molecule has 0 aliphatic carbocycles. The Hall–Kier alpha value is -1.00.